The van der Waals surface area contributed by atoms with Gasteiger partial charge in [0.2, 0.25) is 5.95 Å². The summed E-state index contributed by atoms with van der Waals surface area (Å²) in [5, 5.41) is 8.15. The number of hydrogen-bond acceptors (Lipinski definition) is 6. The average molecular weight is 432 g/mol. The van der Waals surface area contributed by atoms with Crippen molar-refractivity contribution in [2.45, 2.75) is 33.0 Å². The van der Waals surface area contributed by atoms with Crippen LogP contribution < -0.4 is 21.3 Å². The maximum Gasteiger partial charge on any atom is 0.271 e. The summed E-state index contributed by atoms with van der Waals surface area (Å²) < 4.78 is 3.48. The second-order valence-electron chi connectivity index (χ2n) is 8.40. The zero-order valence-electron chi connectivity index (χ0n) is 18.5. The molecule has 0 spiro atoms. The van der Waals surface area contributed by atoms with Crippen LogP contribution in [-0.2, 0) is 27.2 Å². The number of anilines is 2. The Bertz CT molecular complexity index is 1460. The monoisotopic (exact) mass is 431 g/mol. The van der Waals surface area contributed by atoms with E-state index in [4.69, 9.17) is 4.98 Å². The smallest absolute Gasteiger partial charge is 0.271 e. The summed E-state index contributed by atoms with van der Waals surface area (Å²) in [7, 11) is 3.69. The summed E-state index contributed by atoms with van der Waals surface area (Å²) in [6.45, 7) is 5.23. The van der Waals surface area contributed by atoms with Crippen molar-refractivity contribution in [1.29, 1.82) is 0 Å². The van der Waals surface area contributed by atoms with Crippen molar-refractivity contribution >= 4 is 22.5 Å². The molecule has 0 unspecified atom stereocenters. The van der Waals surface area contributed by atoms with Crippen LogP contribution in [0.15, 0.2) is 46.2 Å². The molecular weight excluding hydrogens is 406 g/mol. The molecule has 3 aromatic heterocycles. The van der Waals surface area contributed by atoms with Gasteiger partial charge in [0.25, 0.3) is 11.1 Å². The molecule has 1 atom stereocenters. The first-order valence-corrected chi connectivity index (χ1v) is 10.5. The SMILES string of the molecule is Cc1cc([C@@H](C)Nc2ccc[nH]c2=O)c2nc(N3Cc4cnn(C)c4C3)n(C)c(=O)c2c1. The predicted octanol–water partition coefficient (Wildman–Crippen LogP) is 2.36. The quantitative estimate of drug-likeness (QED) is 0.515. The number of nitrogens with one attached hydrogen (secondary N) is 2. The number of aryl methyl sites for hydroxylation is 2. The van der Waals surface area contributed by atoms with E-state index in [-0.39, 0.29) is 17.2 Å². The van der Waals surface area contributed by atoms with E-state index in [0.29, 0.717) is 35.6 Å². The summed E-state index contributed by atoms with van der Waals surface area (Å²) >= 11 is 0. The number of rotatable bonds is 4. The van der Waals surface area contributed by atoms with E-state index < -0.39 is 0 Å². The Morgan fingerprint density at radius 3 is 2.75 bits per heavy atom. The van der Waals surface area contributed by atoms with E-state index in [1.807, 2.05) is 43.9 Å². The molecule has 1 aromatic carbocycles. The van der Waals surface area contributed by atoms with Crippen LogP contribution in [0.3, 0.4) is 0 Å². The van der Waals surface area contributed by atoms with Crippen molar-refractivity contribution in [3.63, 3.8) is 0 Å². The molecule has 5 rings (SSSR count). The minimum Gasteiger partial charge on any atom is -0.374 e. The van der Waals surface area contributed by atoms with Crippen molar-refractivity contribution in [2.24, 2.45) is 14.1 Å². The third-order valence-electron chi connectivity index (χ3n) is 6.12. The second-order valence-corrected chi connectivity index (χ2v) is 8.40. The molecule has 1 aliphatic heterocycles. The molecule has 0 bridgehead atoms. The number of aromatic nitrogens is 5. The van der Waals surface area contributed by atoms with Gasteiger partial charge in [0, 0.05) is 38.0 Å². The highest BCUT2D eigenvalue weighted by molar-refractivity contribution is 5.84. The van der Waals surface area contributed by atoms with Crippen LogP contribution in [0.1, 0.15) is 35.3 Å². The maximum absolute atomic E-state index is 13.3. The van der Waals surface area contributed by atoms with Gasteiger partial charge in [-0.3, -0.25) is 18.8 Å². The lowest BCUT2D eigenvalue weighted by Gasteiger charge is -2.22. The van der Waals surface area contributed by atoms with Gasteiger partial charge in [0.05, 0.1) is 35.4 Å². The minimum atomic E-state index is -0.228. The molecule has 2 N–H and O–H groups in total. The molecule has 9 heteroatoms. The number of hydrogen-bond donors (Lipinski definition) is 2. The second kappa shape index (κ2) is 7.37. The molecule has 164 valence electrons. The van der Waals surface area contributed by atoms with Gasteiger partial charge in [0.15, 0.2) is 0 Å². The molecule has 4 heterocycles. The molecule has 0 saturated heterocycles. The number of fused-ring (bicyclic) bond motifs is 2. The number of benzene rings is 1. The summed E-state index contributed by atoms with van der Waals surface area (Å²) in [5.74, 6) is 0.619. The zero-order chi connectivity index (χ0) is 22.6. The fraction of sp³-hybridized carbons (Fsp3) is 0.304. The van der Waals surface area contributed by atoms with Crippen molar-refractivity contribution in [2.75, 3.05) is 10.2 Å². The van der Waals surface area contributed by atoms with Crippen molar-refractivity contribution in [3.05, 3.63) is 79.8 Å². The Balaban J connectivity index is 1.62. The standard InChI is InChI=1S/C23H25N7O2/c1-13-8-16(14(2)26-18-6-5-7-24-21(18)31)20-17(9-13)22(32)28(3)23(27-20)30-11-15-10-25-29(4)19(15)12-30/h5-10,14,26H,11-12H2,1-4H3,(H,24,31)/t14-/m1/s1. The van der Waals surface area contributed by atoms with Crippen LogP contribution >= 0.6 is 0 Å². The van der Waals surface area contributed by atoms with Crippen molar-refractivity contribution in [1.82, 2.24) is 24.3 Å². The van der Waals surface area contributed by atoms with Crippen LogP contribution in [0.4, 0.5) is 11.6 Å². The predicted molar refractivity (Wildman–Crippen MR) is 124 cm³/mol. The fourth-order valence-corrected chi connectivity index (χ4v) is 4.43. The Hall–Kier alpha value is -3.88. The molecule has 0 aliphatic carbocycles. The van der Waals surface area contributed by atoms with Crippen LogP contribution in [-0.4, -0.2) is 24.3 Å². The van der Waals surface area contributed by atoms with Crippen molar-refractivity contribution in [3.8, 4) is 0 Å². The molecule has 0 saturated carbocycles. The first-order valence-electron chi connectivity index (χ1n) is 10.5. The molecule has 32 heavy (non-hydrogen) atoms. The summed E-state index contributed by atoms with van der Waals surface area (Å²) in [4.78, 5) is 35.2. The number of aromatic amines is 1. The fourth-order valence-electron chi connectivity index (χ4n) is 4.43. The van der Waals surface area contributed by atoms with Gasteiger partial charge < -0.3 is 15.2 Å². The first-order chi connectivity index (χ1) is 15.3. The Morgan fingerprint density at radius 1 is 1.19 bits per heavy atom. The third-order valence-corrected chi connectivity index (χ3v) is 6.12. The highest BCUT2D eigenvalue weighted by atomic mass is 16.1. The molecule has 0 fully saturated rings. The maximum atomic E-state index is 13.3. The van der Waals surface area contributed by atoms with E-state index in [9.17, 15) is 9.59 Å². The van der Waals surface area contributed by atoms with Gasteiger partial charge in [-0.1, -0.05) is 6.07 Å². The lowest BCUT2D eigenvalue weighted by molar-refractivity contribution is 0.682. The Kier molecular flexibility index (Phi) is 4.61. The largest absolute Gasteiger partial charge is 0.374 e. The minimum absolute atomic E-state index is 0.0891. The number of pyridine rings is 1. The summed E-state index contributed by atoms with van der Waals surface area (Å²) in [5.41, 5.74) is 4.95. The van der Waals surface area contributed by atoms with Gasteiger partial charge in [-0.25, -0.2) is 4.98 Å². The summed E-state index contributed by atoms with van der Waals surface area (Å²) in [6.07, 6.45) is 3.47. The molecule has 1 aliphatic rings. The Labute approximate surface area is 184 Å². The molecular formula is C23H25N7O2. The van der Waals surface area contributed by atoms with Gasteiger partial charge >= 0.3 is 0 Å². The zero-order valence-corrected chi connectivity index (χ0v) is 18.5. The normalized spacial score (nSPS) is 14.1. The lowest BCUT2D eigenvalue weighted by Crippen LogP contribution is -2.29. The molecule has 0 amide bonds. The number of H-pyrrole nitrogens is 1. The van der Waals surface area contributed by atoms with Crippen molar-refractivity contribution < 1.29 is 0 Å². The van der Waals surface area contributed by atoms with E-state index in [1.54, 1.807) is 29.9 Å². The van der Waals surface area contributed by atoms with E-state index in [1.165, 1.54) is 0 Å². The molecule has 9 nitrogen and oxygen atoms in total. The van der Waals surface area contributed by atoms with Gasteiger partial charge in [-0.15, -0.1) is 0 Å². The molecule has 4 aromatic rings. The van der Waals surface area contributed by atoms with E-state index in [2.05, 4.69) is 20.3 Å². The summed E-state index contributed by atoms with van der Waals surface area (Å²) in [6, 6.07) is 7.18. The van der Waals surface area contributed by atoms with Gasteiger partial charge in [0.1, 0.15) is 5.69 Å². The van der Waals surface area contributed by atoms with E-state index >= 15 is 0 Å². The van der Waals surface area contributed by atoms with Crippen LogP contribution in [0, 0.1) is 6.92 Å². The van der Waals surface area contributed by atoms with Crippen LogP contribution in [0.2, 0.25) is 0 Å². The van der Waals surface area contributed by atoms with Gasteiger partial charge in [-0.2, -0.15) is 5.10 Å². The highest BCUT2D eigenvalue weighted by Gasteiger charge is 2.27. The first kappa shape index (κ1) is 20.0. The third kappa shape index (κ3) is 3.17. The van der Waals surface area contributed by atoms with E-state index in [0.717, 1.165) is 22.4 Å². The Morgan fingerprint density at radius 2 is 2.00 bits per heavy atom. The van der Waals surface area contributed by atoms with Crippen LogP contribution in [0.25, 0.3) is 10.9 Å². The number of nitrogens with zero attached hydrogens (tertiary/aromatic N) is 5. The van der Waals surface area contributed by atoms with Gasteiger partial charge in [-0.05, 0) is 37.6 Å². The topological polar surface area (TPSA) is 101 Å². The molecule has 0 radical (unpaired) electrons. The average Bonchev–Trinajstić information content (AvgIpc) is 3.34. The highest BCUT2D eigenvalue weighted by Crippen LogP contribution is 2.30. The van der Waals surface area contributed by atoms with Crippen LogP contribution in [0.5, 0.6) is 0 Å². The lowest BCUT2D eigenvalue weighted by atomic mass is 10.0.